The van der Waals surface area contributed by atoms with Gasteiger partial charge in [-0.15, -0.1) is 5.10 Å². The van der Waals surface area contributed by atoms with Gasteiger partial charge in [-0.25, -0.2) is 4.68 Å². The zero-order valence-electron chi connectivity index (χ0n) is 10.7. The highest BCUT2D eigenvalue weighted by molar-refractivity contribution is 5.53. The second-order valence-corrected chi connectivity index (χ2v) is 5.17. The summed E-state index contributed by atoms with van der Waals surface area (Å²) in [6.07, 6.45) is 4.16. The third-order valence-electron chi connectivity index (χ3n) is 3.54. The van der Waals surface area contributed by atoms with Crippen LogP contribution in [0.3, 0.4) is 0 Å². The highest BCUT2D eigenvalue weighted by Crippen LogP contribution is 2.30. The van der Waals surface area contributed by atoms with Crippen LogP contribution in [0, 0.1) is 12.8 Å². The van der Waals surface area contributed by atoms with Gasteiger partial charge in [-0.1, -0.05) is 6.92 Å². The zero-order valence-corrected chi connectivity index (χ0v) is 10.7. The van der Waals surface area contributed by atoms with Gasteiger partial charge < -0.3 is 5.32 Å². The van der Waals surface area contributed by atoms with E-state index in [1.165, 1.54) is 24.1 Å². The van der Waals surface area contributed by atoms with E-state index in [1.54, 1.807) is 11.0 Å². The van der Waals surface area contributed by atoms with Crippen molar-refractivity contribution < 1.29 is 0 Å². The molecule has 0 bridgehead atoms. The molecule has 1 fully saturated rings. The second kappa shape index (κ2) is 4.40. The van der Waals surface area contributed by atoms with Crippen molar-refractivity contribution in [3.05, 3.63) is 30.1 Å². The van der Waals surface area contributed by atoms with E-state index in [4.69, 9.17) is 0 Å². The first kappa shape index (κ1) is 11.2. The van der Waals surface area contributed by atoms with E-state index in [0.29, 0.717) is 6.04 Å². The Morgan fingerprint density at radius 1 is 1.33 bits per heavy atom. The maximum atomic E-state index is 3.91. The van der Waals surface area contributed by atoms with Gasteiger partial charge in [0.15, 0.2) is 0 Å². The van der Waals surface area contributed by atoms with Gasteiger partial charge in [0.05, 0.1) is 5.69 Å². The van der Waals surface area contributed by atoms with Crippen molar-refractivity contribution in [3.63, 3.8) is 0 Å². The average Bonchev–Trinajstić information content (AvgIpc) is 2.80. The molecule has 1 aliphatic rings. The number of aromatic nitrogens is 4. The third kappa shape index (κ3) is 2.08. The van der Waals surface area contributed by atoms with E-state index in [1.807, 2.05) is 0 Å². The molecule has 0 aliphatic heterocycles. The van der Waals surface area contributed by atoms with Gasteiger partial charge >= 0.3 is 0 Å². The van der Waals surface area contributed by atoms with Crippen molar-refractivity contribution in [2.24, 2.45) is 5.92 Å². The second-order valence-electron chi connectivity index (χ2n) is 5.17. The molecular formula is C13H17N5. The normalized spacial score (nSPS) is 22.6. The molecule has 2 aromatic rings. The predicted octanol–water partition coefficient (Wildman–Crippen LogP) is 2.18. The van der Waals surface area contributed by atoms with E-state index in [-0.39, 0.29) is 0 Å². The number of benzene rings is 1. The largest absolute Gasteiger partial charge is 0.382 e. The third-order valence-corrected chi connectivity index (χ3v) is 3.54. The van der Waals surface area contributed by atoms with E-state index >= 15 is 0 Å². The Labute approximate surface area is 106 Å². The highest BCUT2D eigenvalue weighted by atomic mass is 15.5. The van der Waals surface area contributed by atoms with Crippen molar-refractivity contribution in [1.29, 1.82) is 0 Å². The van der Waals surface area contributed by atoms with Gasteiger partial charge in [0.25, 0.3) is 0 Å². The number of tetrazole rings is 1. The number of rotatable bonds is 3. The van der Waals surface area contributed by atoms with Gasteiger partial charge in [-0.05, 0) is 59.9 Å². The maximum absolute atomic E-state index is 3.91. The molecule has 1 heterocycles. The summed E-state index contributed by atoms with van der Waals surface area (Å²) in [5.41, 5.74) is 3.37. The fourth-order valence-electron chi connectivity index (χ4n) is 2.53. The molecule has 1 N–H and O–H groups in total. The van der Waals surface area contributed by atoms with Crippen LogP contribution in [-0.2, 0) is 0 Å². The number of nitrogens with zero attached hydrogens (tertiary/aromatic N) is 4. The van der Waals surface area contributed by atoms with E-state index in [0.717, 1.165) is 11.6 Å². The van der Waals surface area contributed by atoms with E-state index in [2.05, 4.69) is 52.9 Å². The van der Waals surface area contributed by atoms with Gasteiger partial charge in [-0.3, -0.25) is 0 Å². The molecule has 1 aromatic carbocycles. The minimum absolute atomic E-state index is 0.637. The fourth-order valence-corrected chi connectivity index (χ4v) is 2.53. The molecule has 1 aromatic heterocycles. The Kier molecular flexibility index (Phi) is 2.74. The molecule has 0 spiro atoms. The summed E-state index contributed by atoms with van der Waals surface area (Å²) in [5, 5.41) is 14.8. The molecule has 94 valence electrons. The van der Waals surface area contributed by atoms with Crippen molar-refractivity contribution in [1.82, 2.24) is 20.2 Å². The summed E-state index contributed by atoms with van der Waals surface area (Å²) in [6, 6.07) is 6.93. The van der Waals surface area contributed by atoms with E-state index < -0.39 is 0 Å². The Morgan fingerprint density at radius 3 is 2.78 bits per heavy atom. The molecule has 0 atom stereocenters. The molecular weight excluding hydrogens is 226 g/mol. The van der Waals surface area contributed by atoms with Crippen molar-refractivity contribution >= 4 is 5.69 Å². The van der Waals surface area contributed by atoms with Crippen molar-refractivity contribution in [3.8, 4) is 5.69 Å². The summed E-state index contributed by atoms with van der Waals surface area (Å²) in [6.45, 7) is 4.37. The molecule has 0 saturated heterocycles. The molecule has 3 rings (SSSR count). The van der Waals surface area contributed by atoms with Crippen LogP contribution >= 0.6 is 0 Å². The zero-order chi connectivity index (χ0) is 12.5. The summed E-state index contributed by atoms with van der Waals surface area (Å²) in [7, 11) is 0. The Morgan fingerprint density at radius 2 is 2.17 bits per heavy atom. The summed E-state index contributed by atoms with van der Waals surface area (Å²) >= 11 is 0. The lowest BCUT2D eigenvalue weighted by atomic mass is 9.82. The van der Waals surface area contributed by atoms with Crippen LogP contribution in [0.15, 0.2) is 24.5 Å². The summed E-state index contributed by atoms with van der Waals surface area (Å²) < 4.78 is 1.69. The van der Waals surface area contributed by atoms with Crippen LogP contribution in [0.25, 0.3) is 5.69 Å². The molecule has 1 saturated carbocycles. The monoisotopic (exact) mass is 243 g/mol. The van der Waals surface area contributed by atoms with Gasteiger partial charge in [-0.2, -0.15) is 0 Å². The predicted molar refractivity (Wildman–Crippen MR) is 69.7 cm³/mol. The van der Waals surface area contributed by atoms with Crippen LogP contribution in [0.1, 0.15) is 25.3 Å². The van der Waals surface area contributed by atoms with Gasteiger partial charge in [0.1, 0.15) is 6.33 Å². The topological polar surface area (TPSA) is 55.6 Å². The lowest BCUT2D eigenvalue weighted by molar-refractivity contribution is 0.309. The quantitative estimate of drug-likeness (QED) is 0.897. The van der Waals surface area contributed by atoms with Crippen LogP contribution in [0.2, 0.25) is 0 Å². The number of hydrogen-bond acceptors (Lipinski definition) is 4. The summed E-state index contributed by atoms with van der Waals surface area (Å²) in [5.74, 6) is 0.865. The van der Waals surface area contributed by atoms with Crippen LogP contribution in [0.5, 0.6) is 0 Å². The highest BCUT2D eigenvalue weighted by Gasteiger charge is 2.24. The average molecular weight is 243 g/mol. The lowest BCUT2D eigenvalue weighted by Crippen LogP contribution is -2.33. The number of aryl methyl sites for hydroxylation is 1. The standard InChI is InChI=1S/C13H17N5/c1-9-5-12(6-9)15-11-3-4-13(10(2)7-11)18-8-14-16-17-18/h3-4,7-9,12,15H,5-6H2,1-2H3. The smallest absolute Gasteiger partial charge is 0.143 e. The molecule has 0 unspecified atom stereocenters. The molecule has 5 heteroatoms. The van der Waals surface area contributed by atoms with Crippen molar-refractivity contribution in [2.75, 3.05) is 5.32 Å². The summed E-state index contributed by atoms with van der Waals surface area (Å²) in [4.78, 5) is 0. The van der Waals surface area contributed by atoms with Crippen LogP contribution in [-0.4, -0.2) is 26.2 Å². The van der Waals surface area contributed by atoms with Crippen LogP contribution in [0.4, 0.5) is 5.69 Å². The SMILES string of the molecule is Cc1cc(NC2CC(C)C2)ccc1-n1cnnn1. The molecule has 5 nitrogen and oxygen atoms in total. The molecule has 0 radical (unpaired) electrons. The minimum atomic E-state index is 0.637. The molecule has 0 amide bonds. The Balaban J connectivity index is 1.77. The number of anilines is 1. The first-order valence-corrected chi connectivity index (χ1v) is 6.33. The molecule has 1 aliphatic carbocycles. The van der Waals surface area contributed by atoms with Crippen molar-refractivity contribution in [2.45, 2.75) is 32.7 Å². The number of hydrogen-bond donors (Lipinski definition) is 1. The first-order valence-electron chi connectivity index (χ1n) is 6.33. The maximum Gasteiger partial charge on any atom is 0.143 e. The number of nitrogens with one attached hydrogen (secondary N) is 1. The van der Waals surface area contributed by atoms with Gasteiger partial charge in [0.2, 0.25) is 0 Å². The Bertz CT molecular complexity index is 528. The molecule has 18 heavy (non-hydrogen) atoms. The van der Waals surface area contributed by atoms with Gasteiger partial charge in [0, 0.05) is 11.7 Å². The minimum Gasteiger partial charge on any atom is -0.382 e. The van der Waals surface area contributed by atoms with E-state index in [9.17, 15) is 0 Å². The lowest BCUT2D eigenvalue weighted by Gasteiger charge is -2.34. The fraction of sp³-hybridized carbons (Fsp3) is 0.462. The van der Waals surface area contributed by atoms with Crippen LogP contribution < -0.4 is 5.32 Å². The Hall–Kier alpha value is -1.91. The first-order chi connectivity index (χ1) is 8.72.